The van der Waals surface area contributed by atoms with Gasteiger partial charge in [0.15, 0.2) is 0 Å². The molecule has 1 aliphatic heterocycles. The van der Waals surface area contributed by atoms with Gasteiger partial charge in [-0.05, 0) is 73.7 Å². The second-order valence-corrected chi connectivity index (χ2v) is 9.44. The van der Waals surface area contributed by atoms with Crippen molar-refractivity contribution in [2.24, 2.45) is 5.92 Å². The zero-order chi connectivity index (χ0) is 21.3. The third-order valence-electron chi connectivity index (χ3n) is 5.28. The number of amides is 1. The van der Waals surface area contributed by atoms with Gasteiger partial charge in [-0.15, -0.1) is 0 Å². The Morgan fingerprint density at radius 3 is 2.48 bits per heavy atom. The van der Waals surface area contributed by atoms with Crippen molar-refractivity contribution in [3.8, 4) is 5.75 Å². The fourth-order valence-corrected chi connectivity index (χ4v) is 4.83. The highest BCUT2D eigenvalue weighted by Gasteiger charge is 2.26. The molecule has 6 nitrogen and oxygen atoms in total. The number of carbonyl (C=O) groups is 1. The smallest absolute Gasteiger partial charge is 0.265 e. The molecule has 0 atom stereocenters. The van der Waals surface area contributed by atoms with Crippen molar-refractivity contribution in [3.63, 3.8) is 0 Å². The molecule has 2 aromatic rings. The van der Waals surface area contributed by atoms with E-state index in [-0.39, 0.29) is 16.7 Å². The Kier molecular flexibility index (Phi) is 5.89. The number of hydrogen-bond donors (Lipinski definition) is 1. The molecule has 0 saturated carbocycles. The van der Waals surface area contributed by atoms with Crippen molar-refractivity contribution in [2.45, 2.75) is 45.4 Å². The average molecular weight is 417 g/mol. The number of nitrogens with one attached hydrogen (secondary N) is 1. The highest BCUT2D eigenvalue weighted by molar-refractivity contribution is 7.92. The number of fused-ring (bicyclic) bond motifs is 1. The van der Waals surface area contributed by atoms with E-state index in [9.17, 15) is 13.2 Å². The van der Waals surface area contributed by atoms with Crippen LogP contribution in [0.3, 0.4) is 0 Å². The van der Waals surface area contributed by atoms with Gasteiger partial charge in [0.25, 0.3) is 10.0 Å². The maximum atomic E-state index is 13.0. The molecule has 1 amide bonds. The van der Waals surface area contributed by atoms with Gasteiger partial charge in [-0.2, -0.15) is 0 Å². The summed E-state index contributed by atoms with van der Waals surface area (Å²) in [6.45, 7) is 8.24. The number of carbonyl (C=O) groups excluding carboxylic acids is 1. The number of anilines is 2. The van der Waals surface area contributed by atoms with Gasteiger partial charge in [-0.1, -0.05) is 13.8 Å². The first kappa shape index (κ1) is 21.2. The molecular weight excluding hydrogens is 388 g/mol. The third-order valence-corrected chi connectivity index (χ3v) is 6.68. The fourth-order valence-electron chi connectivity index (χ4n) is 3.54. The zero-order valence-electron chi connectivity index (χ0n) is 17.6. The molecule has 1 heterocycles. The van der Waals surface area contributed by atoms with Crippen molar-refractivity contribution < 1.29 is 17.9 Å². The predicted octanol–water partition coefficient (Wildman–Crippen LogP) is 4.05. The van der Waals surface area contributed by atoms with Crippen LogP contribution in [0.2, 0.25) is 0 Å². The van der Waals surface area contributed by atoms with Gasteiger partial charge in [0.05, 0.1) is 7.11 Å². The molecule has 0 aliphatic carbocycles. The van der Waals surface area contributed by atoms with Crippen LogP contribution in [0.5, 0.6) is 5.75 Å². The van der Waals surface area contributed by atoms with Crippen LogP contribution in [0.4, 0.5) is 11.4 Å². The number of hydrogen-bond acceptors (Lipinski definition) is 4. The number of aryl methyl sites for hydroxylation is 3. The van der Waals surface area contributed by atoms with Crippen molar-refractivity contribution in [3.05, 3.63) is 47.0 Å². The first-order valence-corrected chi connectivity index (χ1v) is 11.2. The molecule has 156 valence electrons. The van der Waals surface area contributed by atoms with Gasteiger partial charge in [0.1, 0.15) is 10.6 Å². The fraction of sp³-hybridized carbons (Fsp3) is 0.409. The second-order valence-electron chi connectivity index (χ2n) is 7.78. The SMILES string of the molecule is COc1cc(C)c(C)cc1S(=O)(=O)Nc1ccc2c(c1)CCCN2C(=O)C(C)C. The lowest BCUT2D eigenvalue weighted by atomic mass is 9.99. The van der Waals surface area contributed by atoms with Crippen LogP contribution in [-0.2, 0) is 21.2 Å². The van der Waals surface area contributed by atoms with Crippen LogP contribution in [-0.4, -0.2) is 28.0 Å². The summed E-state index contributed by atoms with van der Waals surface area (Å²) in [6, 6.07) is 8.70. The van der Waals surface area contributed by atoms with Crippen LogP contribution < -0.4 is 14.4 Å². The Bertz CT molecular complexity index is 1050. The number of sulfonamides is 1. The van der Waals surface area contributed by atoms with Crippen molar-refractivity contribution >= 4 is 27.3 Å². The van der Waals surface area contributed by atoms with Crippen LogP contribution in [0.15, 0.2) is 35.2 Å². The monoisotopic (exact) mass is 416 g/mol. The molecule has 0 spiro atoms. The van der Waals surface area contributed by atoms with Crippen LogP contribution in [0.25, 0.3) is 0 Å². The highest BCUT2D eigenvalue weighted by Crippen LogP contribution is 2.33. The zero-order valence-corrected chi connectivity index (χ0v) is 18.4. The number of nitrogens with zero attached hydrogens (tertiary/aromatic N) is 1. The average Bonchev–Trinajstić information content (AvgIpc) is 2.67. The largest absolute Gasteiger partial charge is 0.495 e. The molecule has 0 aromatic heterocycles. The summed E-state index contributed by atoms with van der Waals surface area (Å²) in [6.07, 6.45) is 1.66. The highest BCUT2D eigenvalue weighted by atomic mass is 32.2. The molecule has 29 heavy (non-hydrogen) atoms. The molecule has 1 N–H and O–H groups in total. The lowest BCUT2D eigenvalue weighted by Gasteiger charge is -2.31. The number of rotatable bonds is 5. The summed E-state index contributed by atoms with van der Waals surface area (Å²) in [7, 11) is -2.36. The standard InChI is InChI=1S/C22H28N2O4S/c1-14(2)22(25)24-10-6-7-17-13-18(8-9-19(17)24)23-29(26,27)21-12-16(4)15(3)11-20(21)28-5/h8-9,11-14,23H,6-7,10H2,1-5H3. The molecule has 3 rings (SSSR count). The van der Waals surface area contributed by atoms with Crippen molar-refractivity contribution in [1.82, 2.24) is 0 Å². The van der Waals surface area contributed by atoms with Crippen LogP contribution >= 0.6 is 0 Å². The number of benzene rings is 2. The topological polar surface area (TPSA) is 75.7 Å². The van der Waals surface area contributed by atoms with Crippen LogP contribution in [0.1, 0.15) is 37.0 Å². The van der Waals surface area contributed by atoms with E-state index in [1.165, 1.54) is 7.11 Å². The van der Waals surface area contributed by atoms with Crippen LogP contribution in [0, 0.1) is 19.8 Å². The van der Waals surface area contributed by atoms with E-state index in [4.69, 9.17) is 4.74 Å². The molecule has 0 fully saturated rings. The summed E-state index contributed by atoms with van der Waals surface area (Å²) >= 11 is 0. The maximum Gasteiger partial charge on any atom is 0.265 e. The number of methoxy groups -OCH3 is 1. The molecular formula is C22H28N2O4S. The van der Waals surface area contributed by atoms with E-state index in [2.05, 4.69) is 4.72 Å². The Hall–Kier alpha value is -2.54. The molecule has 0 unspecified atom stereocenters. The molecule has 0 bridgehead atoms. The van der Waals surface area contributed by atoms with E-state index < -0.39 is 10.0 Å². The third kappa shape index (κ3) is 4.24. The van der Waals surface area contributed by atoms with E-state index in [0.29, 0.717) is 18.0 Å². The minimum atomic E-state index is -3.82. The summed E-state index contributed by atoms with van der Waals surface area (Å²) in [5.74, 6) is 0.308. The second kappa shape index (κ2) is 8.06. The summed E-state index contributed by atoms with van der Waals surface area (Å²) in [4.78, 5) is 14.4. The Labute approximate surface area is 172 Å². The predicted molar refractivity (Wildman–Crippen MR) is 115 cm³/mol. The minimum absolute atomic E-state index is 0.0825. The van der Waals surface area contributed by atoms with E-state index in [1.54, 1.807) is 23.1 Å². The molecule has 0 saturated heterocycles. The van der Waals surface area contributed by atoms with Gasteiger partial charge in [0.2, 0.25) is 5.91 Å². The Morgan fingerprint density at radius 1 is 1.14 bits per heavy atom. The van der Waals surface area contributed by atoms with E-state index in [0.717, 1.165) is 35.2 Å². The van der Waals surface area contributed by atoms with E-state index >= 15 is 0 Å². The van der Waals surface area contributed by atoms with Gasteiger partial charge >= 0.3 is 0 Å². The summed E-state index contributed by atoms with van der Waals surface area (Å²) < 4.78 is 34.0. The molecule has 0 radical (unpaired) electrons. The normalized spacial score (nSPS) is 13.9. The molecule has 7 heteroatoms. The first-order chi connectivity index (χ1) is 13.6. The van der Waals surface area contributed by atoms with Gasteiger partial charge in [-0.25, -0.2) is 8.42 Å². The Balaban J connectivity index is 1.94. The maximum absolute atomic E-state index is 13.0. The van der Waals surface area contributed by atoms with Gasteiger partial charge in [0, 0.05) is 23.8 Å². The summed E-state index contributed by atoms with van der Waals surface area (Å²) in [5, 5.41) is 0. The van der Waals surface area contributed by atoms with E-state index in [1.807, 2.05) is 39.8 Å². The molecule has 2 aromatic carbocycles. The minimum Gasteiger partial charge on any atom is -0.495 e. The van der Waals surface area contributed by atoms with Gasteiger partial charge in [-0.3, -0.25) is 9.52 Å². The lowest BCUT2D eigenvalue weighted by Crippen LogP contribution is -2.38. The summed E-state index contributed by atoms with van der Waals surface area (Å²) in [5.41, 5.74) is 4.14. The Morgan fingerprint density at radius 2 is 1.83 bits per heavy atom. The van der Waals surface area contributed by atoms with Crippen molar-refractivity contribution in [1.29, 1.82) is 0 Å². The molecule has 1 aliphatic rings. The first-order valence-electron chi connectivity index (χ1n) is 9.76. The quantitative estimate of drug-likeness (QED) is 0.798. The number of ether oxygens (including phenoxy) is 1. The van der Waals surface area contributed by atoms with Gasteiger partial charge < -0.3 is 9.64 Å². The van der Waals surface area contributed by atoms with Crippen molar-refractivity contribution in [2.75, 3.05) is 23.3 Å². The lowest BCUT2D eigenvalue weighted by molar-refractivity contribution is -0.121.